The van der Waals surface area contributed by atoms with Crippen molar-refractivity contribution >= 4 is 28.6 Å². The number of H-pyrrole nitrogens is 1. The molecule has 31 heavy (non-hydrogen) atoms. The van der Waals surface area contributed by atoms with Crippen molar-refractivity contribution < 1.29 is 9.21 Å². The second kappa shape index (κ2) is 7.40. The van der Waals surface area contributed by atoms with Crippen molar-refractivity contribution in [2.24, 2.45) is 23.2 Å². The van der Waals surface area contributed by atoms with Crippen LogP contribution in [0.2, 0.25) is 0 Å². The van der Waals surface area contributed by atoms with Crippen molar-refractivity contribution in [2.45, 2.75) is 56.7 Å². The minimum atomic E-state index is 0.0556. The molecule has 0 aliphatic heterocycles. The van der Waals surface area contributed by atoms with Crippen LogP contribution >= 0.6 is 11.8 Å². The van der Waals surface area contributed by atoms with E-state index in [1.807, 2.05) is 30.5 Å². The van der Waals surface area contributed by atoms with Gasteiger partial charge in [0.1, 0.15) is 0 Å². The quantitative estimate of drug-likeness (QED) is 0.530. The van der Waals surface area contributed by atoms with Gasteiger partial charge in [0.25, 0.3) is 11.1 Å². The number of aromatic nitrogens is 3. The summed E-state index contributed by atoms with van der Waals surface area (Å²) in [4.78, 5) is 15.9. The van der Waals surface area contributed by atoms with Gasteiger partial charge in [-0.2, -0.15) is 0 Å². The minimum absolute atomic E-state index is 0.0556. The summed E-state index contributed by atoms with van der Waals surface area (Å²) in [5, 5.41) is 13.1. The molecule has 2 N–H and O–H groups in total. The Morgan fingerprint density at radius 1 is 1.19 bits per heavy atom. The number of hydrogen-bond donors (Lipinski definition) is 2. The number of amides is 1. The lowest BCUT2D eigenvalue weighted by Gasteiger charge is -2.59. The SMILES string of the molecule is CC(NC(=O)CSc1nnc(-c2c[nH]c3ccccc23)o1)C12CC3CC(CC(C3)C1)C2. The molecule has 3 aromatic rings. The Labute approximate surface area is 186 Å². The molecule has 6 nitrogen and oxygen atoms in total. The van der Waals surface area contributed by atoms with Crippen LogP contribution < -0.4 is 5.32 Å². The van der Waals surface area contributed by atoms with Gasteiger partial charge in [0.2, 0.25) is 5.91 Å². The fourth-order valence-electron chi connectivity index (χ4n) is 6.90. The Balaban J connectivity index is 1.08. The highest BCUT2D eigenvalue weighted by atomic mass is 32.2. The van der Waals surface area contributed by atoms with E-state index < -0.39 is 0 Å². The van der Waals surface area contributed by atoms with Gasteiger partial charge in [-0.05, 0) is 74.7 Å². The van der Waals surface area contributed by atoms with E-state index in [2.05, 4.69) is 27.4 Å². The van der Waals surface area contributed by atoms with Gasteiger partial charge in [0, 0.05) is 23.1 Å². The van der Waals surface area contributed by atoms with Crippen LogP contribution in [0.25, 0.3) is 22.4 Å². The maximum atomic E-state index is 12.7. The predicted octanol–water partition coefficient (Wildman–Crippen LogP) is 5.03. The van der Waals surface area contributed by atoms with Crippen LogP contribution in [0, 0.1) is 23.2 Å². The molecule has 1 atom stereocenters. The van der Waals surface area contributed by atoms with Crippen LogP contribution in [0.1, 0.15) is 45.4 Å². The highest BCUT2D eigenvalue weighted by Gasteiger charge is 2.53. The smallest absolute Gasteiger partial charge is 0.277 e. The van der Waals surface area contributed by atoms with Crippen molar-refractivity contribution in [2.75, 3.05) is 5.75 Å². The number of carbonyl (C=O) groups excluding carboxylic acids is 1. The van der Waals surface area contributed by atoms with Crippen molar-refractivity contribution in [3.63, 3.8) is 0 Å². The highest BCUT2D eigenvalue weighted by molar-refractivity contribution is 7.99. The molecule has 4 fully saturated rings. The average Bonchev–Trinajstić information content (AvgIpc) is 3.38. The molecule has 0 spiro atoms. The predicted molar refractivity (Wildman–Crippen MR) is 121 cm³/mol. The zero-order valence-corrected chi connectivity index (χ0v) is 18.6. The number of nitrogens with one attached hydrogen (secondary N) is 2. The zero-order chi connectivity index (χ0) is 21.0. The third kappa shape index (κ3) is 3.47. The van der Waals surface area contributed by atoms with Crippen LogP contribution in [-0.4, -0.2) is 32.9 Å². The number of benzene rings is 1. The van der Waals surface area contributed by atoms with Crippen LogP contribution in [-0.2, 0) is 4.79 Å². The fraction of sp³-hybridized carbons (Fsp3) is 0.542. The van der Waals surface area contributed by atoms with Gasteiger partial charge >= 0.3 is 0 Å². The second-order valence-electron chi connectivity index (χ2n) is 9.98. The molecule has 1 aromatic carbocycles. The normalized spacial score (nSPS) is 30.0. The molecular formula is C24H28N4O2S. The van der Waals surface area contributed by atoms with E-state index in [1.54, 1.807) is 0 Å². The van der Waals surface area contributed by atoms with Gasteiger partial charge in [-0.15, -0.1) is 10.2 Å². The number of hydrogen-bond acceptors (Lipinski definition) is 5. The van der Waals surface area contributed by atoms with Crippen molar-refractivity contribution in [3.05, 3.63) is 30.5 Å². The molecular weight excluding hydrogens is 408 g/mol. The summed E-state index contributed by atoms with van der Waals surface area (Å²) in [6, 6.07) is 8.25. The molecule has 4 aliphatic carbocycles. The molecule has 7 rings (SSSR count). The summed E-state index contributed by atoms with van der Waals surface area (Å²) in [6.07, 6.45) is 10.0. The van der Waals surface area contributed by atoms with E-state index >= 15 is 0 Å². The van der Waals surface area contributed by atoms with Crippen molar-refractivity contribution in [1.29, 1.82) is 0 Å². The van der Waals surface area contributed by atoms with Gasteiger partial charge in [-0.1, -0.05) is 30.0 Å². The zero-order valence-electron chi connectivity index (χ0n) is 17.8. The molecule has 4 aliphatic rings. The average molecular weight is 437 g/mol. The van der Waals surface area contributed by atoms with Gasteiger partial charge in [-0.25, -0.2) is 0 Å². The van der Waals surface area contributed by atoms with E-state index in [-0.39, 0.29) is 11.9 Å². The first kappa shape index (κ1) is 19.4. The molecule has 162 valence electrons. The number of rotatable bonds is 6. The molecule has 2 heterocycles. The lowest BCUT2D eigenvalue weighted by atomic mass is 9.48. The first-order valence-electron chi connectivity index (χ1n) is 11.4. The van der Waals surface area contributed by atoms with Gasteiger partial charge in [0.15, 0.2) is 0 Å². The van der Waals surface area contributed by atoms with E-state index in [1.165, 1.54) is 50.3 Å². The van der Waals surface area contributed by atoms with Crippen LogP contribution in [0.4, 0.5) is 0 Å². The lowest BCUT2D eigenvalue weighted by Crippen LogP contribution is -2.56. The standard InChI is InChI=1S/C24H28N4O2S/c1-14(24-9-15-6-16(10-24)8-17(7-15)11-24)26-21(29)13-31-23-28-27-22(30-23)19-12-25-20-5-3-2-4-18(19)20/h2-5,12,14-17,25H,6-11,13H2,1H3,(H,26,29). The Hall–Kier alpha value is -2.28. The van der Waals surface area contributed by atoms with Crippen LogP contribution in [0.3, 0.4) is 0 Å². The third-order valence-corrected chi connectivity index (χ3v) is 8.75. The summed E-state index contributed by atoms with van der Waals surface area (Å²) >= 11 is 1.31. The number of carbonyl (C=O) groups is 1. The summed E-state index contributed by atoms with van der Waals surface area (Å²) in [5.41, 5.74) is 2.24. The summed E-state index contributed by atoms with van der Waals surface area (Å²) in [7, 11) is 0. The number of aromatic amines is 1. The van der Waals surface area contributed by atoms with Crippen molar-refractivity contribution in [3.8, 4) is 11.5 Å². The largest absolute Gasteiger partial charge is 0.411 e. The highest BCUT2D eigenvalue weighted by Crippen LogP contribution is 2.61. The fourth-order valence-corrected chi connectivity index (χ4v) is 7.47. The Morgan fingerprint density at radius 2 is 1.90 bits per heavy atom. The molecule has 0 radical (unpaired) electrons. The molecule has 2 aromatic heterocycles. The van der Waals surface area contributed by atoms with Gasteiger partial charge < -0.3 is 14.7 Å². The van der Waals surface area contributed by atoms with E-state index in [0.29, 0.717) is 22.3 Å². The minimum Gasteiger partial charge on any atom is -0.411 e. The third-order valence-electron chi connectivity index (χ3n) is 7.93. The van der Waals surface area contributed by atoms with Crippen LogP contribution in [0.5, 0.6) is 0 Å². The Bertz CT molecular complexity index is 1080. The van der Waals surface area contributed by atoms with E-state index in [0.717, 1.165) is 34.2 Å². The molecule has 4 saturated carbocycles. The molecule has 0 saturated heterocycles. The first-order valence-corrected chi connectivity index (χ1v) is 12.4. The lowest BCUT2D eigenvalue weighted by molar-refractivity contribution is -0.123. The van der Waals surface area contributed by atoms with E-state index in [9.17, 15) is 4.79 Å². The Kier molecular flexibility index (Phi) is 4.63. The molecule has 4 bridgehead atoms. The molecule has 1 unspecified atom stereocenters. The van der Waals surface area contributed by atoms with E-state index in [4.69, 9.17) is 4.42 Å². The van der Waals surface area contributed by atoms with Crippen LogP contribution in [0.15, 0.2) is 40.1 Å². The molecule has 1 amide bonds. The Morgan fingerprint density at radius 3 is 2.65 bits per heavy atom. The topological polar surface area (TPSA) is 83.8 Å². The summed E-state index contributed by atoms with van der Waals surface area (Å²) in [5.74, 6) is 3.50. The number of nitrogens with zero attached hydrogens (tertiary/aromatic N) is 2. The maximum absolute atomic E-state index is 12.7. The monoisotopic (exact) mass is 436 g/mol. The second-order valence-corrected chi connectivity index (χ2v) is 10.9. The van der Waals surface area contributed by atoms with Gasteiger partial charge in [0.05, 0.1) is 11.3 Å². The maximum Gasteiger partial charge on any atom is 0.277 e. The number of para-hydroxylation sites is 1. The van der Waals surface area contributed by atoms with Gasteiger partial charge in [-0.3, -0.25) is 4.79 Å². The van der Waals surface area contributed by atoms with Crippen molar-refractivity contribution in [1.82, 2.24) is 20.5 Å². The molecule has 7 heteroatoms. The number of thioether (sulfide) groups is 1. The summed E-state index contributed by atoms with van der Waals surface area (Å²) < 4.78 is 5.83. The summed E-state index contributed by atoms with van der Waals surface area (Å²) in [6.45, 7) is 2.22. The number of fused-ring (bicyclic) bond motifs is 1. The first-order chi connectivity index (χ1) is 15.1.